The SMILES string of the molecule is COc1c(O)ccc(O)c1C(C)N. The molecule has 4 nitrogen and oxygen atoms in total. The van der Waals surface area contributed by atoms with Crippen LogP contribution in [0.4, 0.5) is 0 Å². The number of phenols is 2. The van der Waals surface area contributed by atoms with Crippen molar-refractivity contribution >= 4 is 0 Å². The second kappa shape index (κ2) is 3.53. The van der Waals surface area contributed by atoms with E-state index in [2.05, 4.69) is 0 Å². The summed E-state index contributed by atoms with van der Waals surface area (Å²) in [6.07, 6.45) is 0. The number of hydrogen-bond donors (Lipinski definition) is 3. The number of nitrogens with two attached hydrogens (primary N) is 1. The molecule has 4 N–H and O–H groups in total. The second-order valence-corrected chi connectivity index (χ2v) is 2.84. The van der Waals surface area contributed by atoms with Crippen LogP contribution in [-0.4, -0.2) is 17.3 Å². The summed E-state index contributed by atoms with van der Waals surface area (Å²) in [4.78, 5) is 0. The van der Waals surface area contributed by atoms with Crippen LogP contribution in [0.25, 0.3) is 0 Å². The van der Waals surface area contributed by atoms with E-state index in [0.29, 0.717) is 5.56 Å². The topological polar surface area (TPSA) is 75.7 Å². The average Bonchev–Trinajstić information content (AvgIpc) is 2.07. The van der Waals surface area contributed by atoms with Crippen LogP contribution in [0, 0.1) is 0 Å². The maximum Gasteiger partial charge on any atom is 0.168 e. The molecule has 1 unspecified atom stereocenters. The largest absolute Gasteiger partial charge is 0.507 e. The van der Waals surface area contributed by atoms with Gasteiger partial charge >= 0.3 is 0 Å². The van der Waals surface area contributed by atoms with Gasteiger partial charge in [0.1, 0.15) is 5.75 Å². The van der Waals surface area contributed by atoms with Gasteiger partial charge in [0.2, 0.25) is 0 Å². The van der Waals surface area contributed by atoms with Crippen LogP contribution in [0.15, 0.2) is 12.1 Å². The predicted molar refractivity (Wildman–Crippen MR) is 48.9 cm³/mol. The molecule has 13 heavy (non-hydrogen) atoms. The number of ether oxygens (including phenoxy) is 1. The van der Waals surface area contributed by atoms with Gasteiger partial charge in [-0.05, 0) is 19.1 Å². The number of aromatic hydroxyl groups is 2. The van der Waals surface area contributed by atoms with E-state index in [4.69, 9.17) is 10.5 Å². The quantitative estimate of drug-likeness (QED) is 0.601. The zero-order chi connectivity index (χ0) is 10.0. The first-order chi connectivity index (χ1) is 6.07. The van der Waals surface area contributed by atoms with E-state index in [0.717, 1.165) is 0 Å². The molecule has 0 saturated heterocycles. The summed E-state index contributed by atoms with van der Waals surface area (Å²) in [7, 11) is 1.42. The molecule has 0 fully saturated rings. The Hall–Kier alpha value is -1.42. The summed E-state index contributed by atoms with van der Waals surface area (Å²) in [5, 5.41) is 18.8. The van der Waals surface area contributed by atoms with Crippen molar-refractivity contribution < 1.29 is 14.9 Å². The molecule has 0 saturated carbocycles. The van der Waals surface area contributed by atoms with Crippen molar-refractivity contribution in [2.45, 2.75) is 13.0 Å². The fourth-order valence-corrected chi connectivity index (χ4v) is 1.23. The fraction of sp³-hybridized carbons (Fsp3) is 0.333. The molecule has 0 bridgehead atoms. The monoisotopic (exact) mass is 183 g/mol. The van der Waals surface area contributed by atoms with Gasteiger partial charge in [0.15, 0.2) is 11.5 Å². The van der Waals surface area contributed by atoms with Gasteiger partial charge < -0.3 is 20.7 Å². The van der Waals surface area contributed by atoms with E-state index in [1.165, 1.54) is 19.2 Å². The predicted octanol–water partition coefficient (Wildman–Crippen LogP) is 1.13. The summed E-state index contributed by atoms with van der Waals surface area (Å²) in [5.74, 6) is 0.243. The van der Waals surface area contributed by atoms with Gasteiger partial charge in [-0.1, -0.05) is 0 Å². The first-order valence-corrected chi connectivity index (χ1v) is 3.92. The normalized spacial score (nSPS) is 12.5. The molecule has 1 rings (SSSR count). The smallest absolute Gasteiger partial charge is 0.168 e. The van der Waals surface area contributed by atoms with Crippen LogP contribution < -0.4 is 10.5 Å². The lowest BCUT2D eigenvalue weighted by Gasteiger charge is -2.14. The highest BCUT2D eigenvalue weighted by Gasteiger charge is 2.16. The Morgan fingerprint density at radius 3 is 2.23 bits per heavy atom. The van der Waals surface area contributed by atoms with E-state index >= 15 is 0 Å². The Morgan fingerprint density at radius 1 is 1.31 bits per heavy atom. The van der Waals surface area contributed by atoms with Crippen LogP contribution in [-0.2, 0) is 0 Å². The molecule has 0 aliphatic heterocycles. The summed E-state index contributed by atoms with van der Waals surface area (Å²) in [5.41, 5.74) is 6.03. The van der Waals surface area contributed by atoms with E-state index in [9.17, 15) is 10.2 Å². The molecule has 72 valence electrons. The van der Waals surface area contributed by atoms with Crippen LogP contribution in [0.2, 0.25) is 0 Å². The molecule has 1 atom stereocenters. The first kappa shape index (κ1) is 9.67. The minimum absolute atomic E-state index is 0.0207. The molecule has 0 aliphatic carbocycles. The zero-order valence-corrected chi connectivity index (χ0v) is 7.61. The minimum atomic E-state index is -0.387. The highest BCUT2D eigenvalue weighted by molar-refractivity contribution is 5.53. The van der Waals surface area contributed by atoms with Crippen molar-refractivity contribution in [3.05, 3.63) is 17.7 Å². The molecule has 1 aromatic rings. The average molecular weight is 183 g/mol. The molecule has 0 heterocycles. The summed E-state index contributed by atoms with van der Waals surface area (Å²) in [6, 6.07) is 2.36. The van der Waals surface area contributed by atoms with E-state index < -0.39 is 0 Å². The van der Waals surface area contributed by atoms with Gasteiger partial charge in [-0.25, -0.2) is 0 Å². The van der Waals surface area contributed by atoms with Crippen molar-refractivity contribution in [1.82, 2.24) is 0 Å². The maximum atomic E-state index is 9.45. The lowest BCUT2D eigenvalue weighted by atomic mass is 10.1. The standard InChI is InChI=1S/C9H13NO3/c1-5(10)8-6(11)3-4-7(12)9(8)13-2/h3-5,11-12H,10H2,1-2H3. The first-order valence-electron chi connectivity index (χ1n) is 3.92. The van der Waals surface area contributed by atoms with Gasteiger partial charge in [-0.2, -0.15) is 0 Å². The molecule has 0 spiro atoms. The minimum Gasteiger partial charge on any atom is -0.507 e. The summed E-state index contributed by atoms with van der Waals surface area (Å²) < 4.78 is 4.93. The van der Waals surface area contributed by atoms with Crippen LogP contribution in [0.1, 0.15) is 18.5 Å². The van der Waals surface area contributed by atoms with Crippen molar-refractivity contribution in [3.8, 4) is 17.2 Å². The zero-order valence-electron chi connectivity index (χ0n) is 7.61. The van der Waals surface area contributed by atoms with Gasteiger partial charge in [0.05, 0.1) is 12.7 Å². The van der Waals surface area contributed by atoms with Gasteiger partial charge in [-0.3, -0.25) is 0 Å². The number of methoxy groups -OCH3 is 1. The van der Waals surface area contributed by atoms with Crippen molar-refractivity contribution in [2.24, 2.45) is 5.73 Å². The van der Waals surface area contributed by atoms with Crippen molar-refractivity contribution in [2.75, 3.05) is 7.11 Å². The Kier molecular flexibility index (Phi) is 2.63. The van der Waals surface area contributed by atoms with Crippen LogP contribution in [0.5, 0.6) is 17.2 Å². The molecule has 0 aliphatic rings. The van der Waals surface area contributed by atoms with Crippen molar-refractivity contribution in [1.29, 1.82) is 0 Å². The van der Waals surface area contributed by atoms with Crippen molar-refractivity contribution in [3.63, 3.8) is 0 Å². The highest BCUT2D eigenvalue weighted by atomic mass is 16.5. The Bertz CT molecular complexity index is 310. The van der Waals surface area contributed by atoms with Crippen LogP contribution >= 0.6 is 0 Å². The Labute approximate surface area is 76.6 Å². The third kappa shape index (κ3) is 1.67. The molecule has 0 aromatic heterocycles. The fourth-order valence-electron chi connectivity index (χ4n) is 1.23. The maximum absolute atomic E-state index is 9.45. The summed E-state index contributed by atoms with van der Waals surface area (Å²) in [6.45, 7) is 1.71. The molecule has 4 heteroatoms. The lowest BCUT2D eigenvalue weighted by Crippen LogP contribution is -2.07. The Balaban J connectivity index is 3.35. The van der Waals surface area contributed by atoms with Crippen LogP contribution in [0.3, 0.4) is 0 Å². The molecular formula is C9H13NO3. The number of phenolic OH excluding ortho intramolecular Hbond substituents is 2. The van der Waals surface area contributed by atoms with E-state index in [1.54, 1.807) is 6.92 Å². The Morgan fingerprint density at radius 2 is 1.85 bits per heavy atom. The van der Waals surface area contributed by atoms with Gasteiger partial charge in [-0.15, -0.1) is 0 Å². The van der Waals surface area contributed by atoms with Gasteiger partial charge in [0, 0.05) is 6.04 Å². The molecule has 0 amide bonds. The van der Waals surface area contributed by atoms with E-state index in [1.807, 2.05) is 0 Å². The molecule has 1 aromatic carbocycles. The summed E-state index contributed by atoms with van der Waals surface area (Å²) >= 11 is 0. The lowest BCUT2D eigenvalue weighted by molar-refractivity contribution is 0.359. The number of rotatable bonds is 2. The number of hydrogen-bond acceptors (Lipinski definition) is 4. The van der Waals surface area contributed by atoms with E-state index in [-0.39, 0.29) is 23.3 Å². The van der Waals surface area contributed by atoms with Gasteiger partial charge in [0.25, 0.3) is 0 Å². The third-order valence-corrected chi connectivity index (χ3v) is 1.81. The second-order valence-electron chi connectivity index (χ2n) is 2.84. The number of benzene rings is 1. The molecule has 0 radical (unpaired) electrons. The highest BCUT2D eigenvalue weighted by Crippen LogP contribution is 2.38. The molecular weight excluding hydrogens is 170 g/mol. The third-order valence-electron chi connectivity index (χ3n) is 1.81.